The summed E-state index contributed by atoms with van der Waals surface area (Å²) in [6.07, 6.45) is 0.485. The number of hydrogen-bond donors (Lipinski definition) is 1. The Kier molecular flexibility index (Phi) is 4.87. The second-order valence-corrected chi connectivity index (χ2v) is 6.89. The molecule has 23 heavy (non-hydrogen) atoms. The second kappa shape index (κ2) is 6.89. The number of carbonyl (C=O) groups excluding carboxylic acids is 2. The van der Waals surface area contributed by atoms with Gasteiger partial charge in [-0.05, 0) is 29.9 Å². The van der Waals surface area contributed by atoms with E-state index in [4.69, 9.17) is 0 Å². The van der Waals surface area contributed by atoms with Crippen molar-refractivity contribution in [2.24, 2.45) is 5.92 Å². The van der Waals surface area contributed by atoms with Crippen LogP contribution in [0.4, 0.5) is 5.69 Å². The quantitative estimate of drug-likeness (QED) is 0.634. The number of nitrogens with zero attached hydrogens (tertiary/aromatic N) is 1. The van der Waals surface area contributed by atoms with E-state index >= 15 is 0 Å². The van der Waals surface area contributed by atoms with Gasteiger partial charge in [0.1, 0.15) is 0 Å². The van der Waals surface area contributed by atoms with Crippen LogP contribution in [0.25, 0.3) is 0 Å². The van der Waals surface area contributed by atoms with Crippen LogP contribution >= 0.6 is 28.6 Å². The van der Waals surface area contributed by atoms with E-state index in [1.165, 1.54) is 0 Å². The Morgan fingerprint density at radius 3 is 2.61 bits per heavy atom. The van der Waals surface area contributed by atoms with Crippen LogP contribution < -0.4 is 4.90 Å². The molecule has 0 aromatic heterocycles. The third-order valence-electron chi connectivity index (χ3n) is 3.99. The van der Waals surface area contributed by atoms with Gasteiger partial charge in [0.05, 0.1) is 5.69 Å². The Labute approximate surface area is 149 Å². The lowest BCUT2D eigenvalue weighted by molar-refractivity contribution is -0.117. The molecule has 1 saturated heterocycles. The number of thiol groups is 1. The first-order valence-electron chi connectivity index (χ1n) is 7.40. The maximum atomic E-state index is 12.9. The maximum Gasteiger partial charge on any atom is 0.227 e. The molecule has 1 heterocycles. The molecular formula is C18H16BrNO2S. The van der Waals surface area contributed by atoms with Crippen molar-refractivity contribution in [3.8, 4) is 0 Å². The Morgan fingerprint density at radius 1 is 1.22 bits per heavy atom. The van der Waals surface area contributed by atoms with Crippen LogP contribution in [0.1, 0.15) is 22.3 Å². The molecule has 1 atom stereocenters. The summed E-state index contributed by atoms with van der Waals surface area (Å²) in [6.45, 7) is 0.610. The van der Waals surface area contributed by atoms with Crippen LogP contribution in [0.5, 0.6) is 0 Å². The highest BCUT2D eigenvalue weighted by Gasteiger charge is 2.32. The Morgan fingerprint density at radius 2 is 1.96 bits per heavy atom. The minimum absolute atomic E-state index is 0.0495. The number of benzene rings is 2. The SMILES string of the molecule is O=C(c1ccccc1)c1cc(Br)ccc1N1CC(CS)CC1=O. The standard InChI is InChI=1S/C18H16BrNO2S/c19-14-6-7-16(20-10-12(11-23)8-17(20)21)15(9-14)18(22)13-4-2-1-3-5-13/h1-7,9,12,23H,8,10-11H2. The zero-order chi connectivity index (χ0) is 16.4. The molecule has 1 aliphatic heterocycles. The summed E-state index contributed by atoms with van der Waals surface area (Å²) in [5, 5.41) is 0. The largest absolute Gasteiger partial charge is 0.311 e. The third-order valence-corrected chi connectivity index (χ3v) is 5.00. The smallest absolute Gasteiger partial charge is 0.227 e. The summed E-state index contributed by atoms with van der Waals surface area (Å²) >= 11 is 7.71. The lowest BCUT2D eigenvalue weighted by atomic mass is 10.0. The summed E-state index contributed by atoms with van der Waals surface area (Å²) in [7, 11) is 0. The van der Waals surface area contributed by atoms with Crippen LogP contribution in [0.2, 0.25) is 0 Å². The zero-order valence-corrected chi connectivity index (χ0v) is 14.9. The molecule has 0 aliphatic carbocycles. The van der Waals surface area contributed by atoms with Crippen LogP contribution in [0.3, 0.4) is 0 Å². The normalized spacial score (nSPS) is 17.6. The second-order valence-electron chi connectivity index (χ2n) is 5.61. The van der Waals surface area contributed by atoms with Crippen molar-refractivity contribution in [1.29, 1.82) is 0 Å². The van der Waals surface area contributed by atoms with Gasteiger partial charge in [-0.3, -0.25) is 9.59 Å². The Hall–Kier alpha value is -1.59. The lowest BCUT2D eigenvalue weighted by Crippen LogP contribution is -2.26. The number of carbonyl (C=O) groups is 2. The predicted octanol–water partition coefficient (Wildman–Crippen LogP) is 3.96. The van der Waals surface area contributed by atoms with Gasteiger partial charge in [0.25, 0.3) is 0 Å². The number of ketones is 1. The summed E-state index contributed by atoms with van der Waals surface area (Å²) in [5.41, 5.74) is 1.83. The van der Waals surface area contributed by atoms with E-state index in [0.29, 0.717) is 35.5 Å². The molecule has 1 unspecified atom stereocenters. The Balaban J connectivity index is 2.02. The maximum absolute atomic E-state index is 12.9. The zero-order valence-electron chi connectivity index (χ0n) is 12.4. The predicted molar refractivity (Wildman–Crippen MR) is 98.3 cm³/mol. The fourth-order valence-electron chi connectivity index (χ4n) is 2.81. The van der Waals surface area contributed by atoms with Crippen LogP contribution in [-0.2, 0) is 4.79 Å². The van der Waals surface area contributed by atoms with Crippen molar-refractivity contribution < 1.29 is 9.59 Å². The molecule has 1 amide bonds. The van der Waals surface area contributed by atoms with Crippen molar-refractivity contribution in [3.05, 3.63) is 64.1 Å². The lowest BCUT2D eigenvalue weighted by Gasteiger charge is -2.20. The molecule has 5 heteroatoms. The van der Waals surface area contributed by atoms with Gasteiger partial charge in [-0.2, -0.15) is 12.6 Å². The number of anilines is 1. The highest BCUT2D eigenvalue weighted by Crippen LogP contribution is 2.32. The van der Waals surface area contributed by atoms with E-state index in [2.05, 4.69) is 28.6 Å². The summed E-state index contributed by atoms with van der Waals surface area (Å²) in [6, 6.07) is 14.6. The fraction of sp³-hybridized carbons (Fsp3) is 0.222. The molecule has 1 aliphatic rings. The first-order valence-corrected chi connectivity index (χ1v) is 8.83. The summed E-state index contributed by atoms with van der Waals surface area (Å²) in [4.78, 5) is 26.9. The molecule has 0 radical (unpaired) electrons. The first kappa shape index (κ1) is 16.3. The van der Waals surface area contributed by atoms with Gasteiger partial charge in [-0.15, -0.1) is 0 Å². The number of amides is 1. The highest BCUT2D eigenvalue weighted by molar-refractivity contribution is 9.10. The molecule has 3 nitrogen and oxygen atoms in total. The van der Waals surface area contributed by atoms with Crippen LogP contribution in [0, 0.1) is 5.92 Å². The van der Waals surface area contributed by atoms with Crippen molar-refractivity contribution in [2.45, 2.75) is 6.42 Å². The van der Waals surface area contributed by atoms with Gasteiger partial charge in [0, 0.05) is 28.6 Å². The molecule has 1 fully saturated rings. The van der Waals surface area contributed by atoms with Crippen molar-refractivity contribution in [3.63, 3.8) is 0 Å². The van der Waals surface area contributed by atoms with Crippen LogP contribution in [-0.4, -0.2) is 24.0 Å². The minimum Gasteiger partial charge on any atom is -0.311 e. The van der Waals surface area contributed by atoms with Gasteiger partial charge in [0.2, 0.25) is 5.91 Å². The molecule has 3 rings (SSSR count). The molecule has 0 spiro atoms. The van der Waals surface area contributed by atoms with Crippen molar-refractivity contribution >= 4 is 45.9 Å². The van der Waals surface area contributed by atoms with Gasteiger partial charge >= 0.3 is 0 Å². The summed E-state index contributed by atoms with van der Waals surface area (Å²) < 4.78 is 0.818. The van der Waals surface area contributed by atoms with E-state index < -0.39 is 0 Å². The van der Waals surface area contributed by atoms with E-state index in [-0.39, 0.29) is 17.6 Å². The van der Waals surface area contributed by atoms with Crippen LogP contribution in [0.15, 0.2) is 53.0 Å². The van der Waals surface area contributed by atoms with E-state index in [0.717, 1.165) is 4.47 Å². The topological polar surface area (TPSA) is 37.4 Å². The third kappa shape index (κ3) is 3.35. The highest BCUT2D eigenvalue weighted by atomic mass is 79.9. The monoisotopic (exact) mass is 389 g/mol. The molecule has 2 aromatic rings. The van der Waals surface area contributed by atoms with Gasteiger partial charge < -0.3 is 4.90 Å². The van der Waals surface area contributed by atoms with Crippen molar-refractivity contribution in [2.75, 3.05) is 17.2 Å². The van der Waals surface area contributed by atoms with Crippen molar-refractivity contribution in [1.82, 2.24) is 0 Å². The average molecular weight is 390 g/mol. The first-order chi connectivity index (χ1) is 11.1. The molecular weight excluding hydrogens is 374 g/mol. The number of hydrogen-bond acceptors (Lipinski definition) is 3. The number of halogens is 1. The van der Waals surface area contributed by atoms with Gasteiger partial charge in [0.15, 0.2) is 5.78 Å². The van der Waals surface area contributed by atoms with Gasteiger partial charge in [-0.25, -0.2) is 0 Å². The minimum atomic E-state index is -0.0796. The molecule has 0 saturated carbocycles. The summed E-state index contributed by atoms with van der Waals surface area (Å²) in [5.74, 6) is 0.868. The molecule has 118 valence electrons. The van der Waals surface area contributed by atoms with E-state index in [9.17, 15) is 9.59 Å². The Bertz CT molecular complexity index is 748. The average Bonchev–Trinajstić information content (AvgIpc) is 2.96. The fourth-order valence-corrected chi connectivity index (χ4v) is 3.41. The number of rotatable bonds is 4. The molecule has 0 bridgehead atoms. The van der Waals surface area contributed by atoms with Gasteiger partial charge in [-0.1, -0.05) is 46.3 Å². The molecule has 2 aromatic carbocycles. The molecule has 0 N–H and O–H groups in total. The van der Waals surface area contributed by atoms with E-state index in [1.807, 2.05) is 30.3 Å². The van der Waals surface area contributed by atoms with E-state index in [1.54, 1.807) is 23.1 Å².